The first-order valence-electron chi connectivity index (χ1n) is 10.2. The van der Waals surface area contributed by atoms with Crippen molar-refractivity contribution in [3.8, 4) is 12.1 Å². The van der Waals surface area contributed by atoms with Crippen molar-refractivity contribution in [3.05, 3.63) is 77.1 Å². The molecule has 1 N–H and O–H groups in total. The van der Waals surface area contributed by atoms with Crippen molar-refractivity contribution >= 4 is 29.8 Å². The third-order valence-corrected chi connectivity index (χ3v) is 4.77. The van der Waals surface area contributed by atoms with Gasteiger partial charge in [-0.3, -0.25) is 5.32 Å². The van der Waals surface area contributed by atoms with E-state index >= 15 is 0 Å². The lowest BCUT2D eigenvalue weighted by atomic mass is 10.1. The highest BCUT2D eigenvalue weighted by atomic mass is 16.6. The quantitative estimate of drug-likeness (QED) is 0.656. The van der Waals surface area contributed by atoms with E-state index in [1.54, 1.807) is 12.2 Å². The lowest BCUT2D eigenvalue weighted by Crippen LogP contribution is -2.30. The summed E-state index contributed by atoms with van der Waals surface area (Å²) in [5, 5.41) is 20.4. The topological polar surface area (TPSA) is 102 Å². The summed E-state index contributed by atoms with van der Waals surface area (Å²) in [4.78, 5) is 18.4. The summed E-state index contributed by atoms with van der Waals surface area (Å²) >= 11 is 0. The Morgan fingerprint density at radius 1 is 1.06 bits per heavy atom. The molecule has 1 aliphatic heterocycles. The number of hydrogen-bond donors (Lipinski definition) is 1. The van der Waals surface area contributed by atoms with Crippen LogP contribution in [0.2, 0.25) is 0 Å². The predicted octanol–water partition coefficient (Wildman–Crippen LogP) is 4.78. The summed E-state index contributed by atoms with van der Waals surface area (Å²) < 4.78 is 5.14. The zero-order valence-electron chi connectivity index (χ0n) is 17.8. The number of nitrogens with one attached hydrogen (secondary N) is 1. The zero-order chi connectivity index (χ0) is 22.8. The van der Waals surface area contributed by atoms with E-state index in [-0.39, 0.29) is 5.90 Å². The molecule has 3 rings (SSSR count). The van der Waals surface area contributed by atoms with Gasteiger partial charge in [0.1, 0.15) is 5.82 Å². The van der Waals surface area contributed by atoms with Crippen LogP contribution in [-0.4, -0.2) is 25.1 Å². The standard InChI is InChI=1S/C25H23N5O2/c1-19-17-22(30(15-5-13-26)16-6-14-27)11-10-21(19)18-23-28-24(32-25(31)29-23)12-9-20-7-3-2-4-8-20/h2-4,7-12,17-18H,5-6,15-16H2,1H3,(H,29,31)/b12-9+,23-18-. The summed E-state index contributed by atoms with van der Waals surface area (Å²) in [7, 11) is 0. The van der Waals surface area contributed by atoms with Gasteiger partial charge in [-0.2, -0.15) is 15.5 Å². The maximum atomic E-state index is 12.0. The zero-order valence-corrected chi connectivity index (χ0v) is 17.8. The largest absolute Gasteiger partial charge is 0.419 e. The van der Waals surface area contributed by atoms with E-state index < -0.39 is 6.09 Å². The van der Waals surface area contributed by atoms with E-state index in [0.29, 0.717) is 31.8 Å². The molecule has 0 unspecified atom stereocenters. The Morgan fingerprint density at radius 2 is 1.78 bits per heavy atom. The van der Waals surface area contributed by atoms with E-state index in [9.17, 15) is 4.79 Å². The first-order chi connectivity index (χ1) is 15.6. The highest BCUT2D eigenvalue weighted by Crippen LogP contribution is 2.22. The van der Waals surface area contributed by atoms with Crippen LogP contribution in [0.25, 0.3) is 12.2 Å². The monoisotopic (exact) mass is 425 g/mol. The second kappa shape index (κ2) is 11.1. The van der Waals surface area contributed by atoms with E-state index in [1.165, 1.54) is 0 Å². The lowest BCUT2D eigenvalue weighted by molar-refractivity contribution is 0.198. The van der Waals surface area contributed by atoms with Crippen molar-refractivity contribution in [2.24, 2.45) is 4.99 Å². The number of ether oxygens (including phenoxy) is 1. The van der Waals surface area contributed by atoms with Crippen LogP contribution < -0.4 is 10.2 Å². The number of carbonyl (C=O) groups is 1. The summed E-state index contributed by atoms with van der Waals surface area (Å²) in [6.45, 7) is 3.09. The smallest absolute Gasteiger partial charge is 0.391 e. The molecule has 0 saturated carbocycles. The maximum absolute atomic E-state index is 12.0. The summed E-state index contributed by atoms with van der Waals surface area (Å²) in [5.74, 6) is 0.591. The van der Waals surface area contributed by atoms with Crippen LogP contribution in [0.3, 0.4) is 0 Å². The molecule has 0 aliphatic carbocycles. The van der Waals surface area contributed by atoms with Crippen LogP contribution in [0.4, 0.5) is 10.5 Å². The molecule has 2 aromatic rings. The third-order valence-electron chi connectivity index (χ3n) is 4.77. The summed E-state index contributed by atoms with van der Waals surface area (Å²) in [5.41, 5.74) is 3.79. The molecule has 2 aromatic carbocycles. The minimum absolute atomic E-state index is 0.206. The molecule has 0 bridgehead atoms. The van der Waals surface area contributed by atoms with Gasteiger partial charge in [-0.1, -0.05) is 36.4 Å². The molecule has 0 spiro atoms. The van der Waals surface area contributed by atoms with Crippen molar-refractivity contribution in [2.75, 3.05) is 18.0 Å². The SMILES string of the molecule is Cc1cc(N(CCC#N)CCC#N)ccc1/C=C1N=C(/C=C/c2ccccc2)OC(=O)N/1. The number of amides is 1. The van der Waals surface area contributed by atoms with E-state index in [1.807, 2.05) is 66.4 Å². The number of aliphatic imine (C=N–C) groups is 1. The van der Waals surface area contributed by atoms with Gasteiger partial charge in [-0.25, -0.2) is 4.79 Å². The Morgan fingerprint density at radius 3 is 2.44 bits per heavy atom. The van der Waals surface area contributed by atoms with Crippen molar-refractivity contribution in [1.82, 2.24) is 5.32 Å². The van der Waals surface area contributed by atoms with Gasteiger partial charge in [0.25, 0.3) is 0 Å². The number of rotatable bonds is 8. The van der Waals surface area contributed by atoms with Gasteiger partial charge in [-0.05, 0) is 47.9 Å². The average Bonchev–Trinajstić information content (AvgIpc) is 2.80. The molecule has 1 aliphatic rings. The Kier molecular flexibility index (Phi) is 7.78. The molecule has 7 nitrogen and oxygen atoms in total. The highest BCUT2D eigenvalue weighted by molar-refractivity contribution is 6.01. The number of alkyl carbamates (subject to hydrolysis) is 1. The van der Waals surface area contributed by atoms with E-state index in [2.05, 4.69) is 22.4 Å². The van der Waals surface area contributed by atoms with Crippen molar-refractivity contribution in [2.45, 2.75) is 19.8 Å². The van der Waals surface area contributed by atoms with Crippen molar-refractivity contribution < 1.29 is 9.53 Å². The van der Waals surface area contributed by atoms with Gasteiger partial charge < -0.3 is 9.64 Å². The first-order valence-corrected chi connectivity index (χ1v) is 10.2. The molecular formula is C25H23N5O2. The summed E-state index contributed by atoms with van der Waals surface area (Å²) in [6.07, 6.45) is 5.44. The number of benzene rings is 2. The lowest BCUT2D eigenvalue weighted by Gasteiger charge is -2.23. The van der Waals surface area contributed by atoms with Gasteiger partial charge in [-0.15, -0.1) is 0 Å². The molecule has 0 atom stereocenters. The van der Waals surface area contributed by atoms with Gasteiger partial charge in [0, 0.05) is 24.9 Å². The number of aryl methyl sites for hydroxylation is 1. The van der Waals surface area contributed by atoms with Gasteiger partial charge >= 0.3 is 6.09 Å². The van der Waals surface area contributed by atoms with E-state index in [4.69, 9.17) is 15.3 Å². The fourth-order valence-corrected chi connectivity index (χ4v) is 3.17. The number of cyclic esters (lactones) is 1. The van der Waals surface area contributed by atoms with Crippen LogP contribution in [0.15, 0.2) is 65.4 Å². The van der Waals surface area contributed by atoms with Crippen molar-refractivity contribution in [3.63, 3.8) is 0 Å². The van der Waals surface area contributed by atoms with Gasteiger partial charge in [0.05, 0.1) is 25.0 Å². The van der Waals surface area contributed by atoms with Gasteiger partial charge in [0.2, 0.25) is 5.90 Å². The molecule has 0 radical (unpaired) electrons. The Labute approximate surface area is 187 Å². The fraction of sp³-hybridized carbons (Fsp3) is 0.200. The molecule has 0 fully saturated rings. The predicted molar refractivity (Wildman–Crippen MR) is 124 cm³/mol. The Bertz CT molecular complexity index is 1120. The molecule has 1 heterocycles. The molecule has 7 heteroatoms. The number of carbonyl (C=O) groups excluding carboxylic acids is 1. The molecule has 32 heavy (non-hydrogen) atoms. The van der Waals surface area contributed by atoms with Crippen LogP contribution in [0.1, 0.15) is 29.5 Å². The number of hydrogen-bond acceptors (Lipinski definition) is 6. The number of nitriles is 2. The second-order valence-electron chi connectivity index (χ2n) is 7.08. The first kappa shape index (κ1) is 22.3. The van der Waals surface area contributed by atoms with Gasteiger partial charge in [0.15, 0.2) is 0 Å². The summed E-state index contributed by atoms with van der Waals surface area (Å²) in [6, 6.07) is 19.8. The Hall–Kier alpha value is -4.36. The van der Waals surface area contributed by atoms with Crippen LogP contribution in [0.5, 0.6) is 0 Å². The maximum Gasteiger partial charge on any atom is 0.419 e. The van der Waals surface area contributed by atoms with E-state index in [0.717, 1.165) is 22.4 Å². The minimum Gasteiger partial charge on any atom is -0.391 e. The normalized spacial score (nSPS) is 14.3. The molecular weight excluding hydrogens is 402 g/mol. The van der Waals surface area contributed by atoms with Crippen molar-refractivity contribution in [1.29, 1.82) is 10.5 Å². The number of nitrogens with zero attached hydrogens (tertiary/aromatic N) is 4. The third kappa shape index (κ3) is 6.32. The second-order valence-corrected chi connectivity index (χ2v) is 7.08. The number of anilines is 1. The molecule has 0 saturated heterocycles. The highest BCUT2D eigenvalue weighted by Gasteiger charge is 2.16. The van der Waals surface area contributed by atoms with Crippen LogP contribution >= 0.6 is 0 Å². The average molecular weight is 425 g/mol. The molecule has 0 aromatic heterocycles. The van der Waals surface area contributed by atoms with Crippen LogP contribution in [-0.2, 0) is 4.74 Å². The molecule has 1 amide bonds. The minimum atomic E-state index is -0.590. The Balaban J connectivity index is 1.81. The molecule has 160 valence electrons. The van der Waals surface area contributed by atoms with Crippen LogP contribution in [0, 0.1) is 29.6 Å². The fourth-order valence-electron chi connectivity index (χ4n) is 3.17.